The third-order valence-electron chi connectivity index (χ3n) is 3.87. The van der Waals surface area contributed by atoms with E-state index in [1.54, 1.807) is 12.1 Å². The first kappa shape index (κ1) is 19.0. The summed E-state index contributed by atoms with van der Waals surface area (Å²) >= 11 is 6.69. The van der Waals surface area contributed by atoms with Crippen molar-refractivity contribution in [1.82, 2.24) is 0 Å². The summed E-state index contributed by atoms with van der Waals surface area (Å²) in [7, 11) is 1.32. The molecule has 0 saturated heterocycles. The molecular formula is C20H17FN2O2S2. The van der Waals surface area contributed by atoms with E-state index in [0.717, 1.165) is 16.8 Å². The maximum absolute atomic E-state index is 13.2. The molecule has 4 nitrogen and oxygen atoms in total. The number of thiophene rings is 1. The zero-order chi connectivity index (χ0) is 19.4. The van der Waals surface area contributed by atoms with Crippen LogP contribution in [0.4, 0.5) is 15.1 Å². The number of ether oxygens (including phenoxy) is 1. The number of rotatable bonds is 4. The molecule has 0 aliphatic rings. The summed E-state index contributed by atoms with van der Waals surface area (Å²) in [6.07, 6.45) is 0. The van der Waals surface area contributed by atoms with E-state index in [1.165, 1.54) is 30.6 Å². The molecule has 3 aromatic rings. The second kappa shape index (κ2) is 8.28. The number of hydrogen-bond acceptors (Lipinski definition) is 4. The van der Waals surface area contributed by atoms with E-state index in [2.05, 4.69) is 10.6 Å². The highest BCUT2D eigenvalue weighted by molar-refractivity contribution is 7.80. The largest absolute Gasteiger partial charge is 0.465 e. The fraction of sp³-hybridized carbons (Fsp3) is 0.100. The van der Waals surface area contributed by atoms with Crippen molar-refractivity contribution < 1.29 is 13.9 Å². The van der Waals surface area contributed by atoms with Gasteiger partial charge in [0.2, 0.25) is 0 Å². The molecule has 27 heavy (non-hydrogen) atoms. The third-order valence-corrected chi connectivity index (χ3v) is 4.97. The molecule has 1 heterocycles. The molecule has 0 saturated carbocycles. The standard InChI is InChI=1S/C20H17FN2O2S2/c1-12-3-9-15(10-4-12)22-20(26)23-18-17(19(24)25-2)16(11-27-18)13-5-7-14(21)8-6-13/h3-11H,1-2H3,(H2,22,23,26). The van der Waals surface area contributed by atoms with Crippen LogP contribution in [0, 0.1) is 12.7 Å². The van der Waals surface area contributed by atoms with Crippen LogP contribution < -0.4 is 10.6 Å². The lowest BCUT2D eigenvalue weighted by atomic mass is 10.0. The topological polar surface area (TPSA) is 50.4 Å². The molecule has 2 aromatic carbocycles. The van der Waals surface area contributed by atoms with Gasteiger partial charge in [0.1, 0.15) is 16.4 Å². The minimum absolute atomic E-state index is 0.338. The number of aryl methyl sites for hydroxylation is 1. The molecule has 0 fully saturated rings. The third kappa shape index (κ3) is 4.50. The van der Waals surface area contributed by atoms with Gasteiger partial charge in [-0.25, -0.2) is 9.18 Å². The summed E-state index contributed by atoms with van der Waals surface area (Å²) in [4.78, 5) is 12.3. The van der Waals surface area contributed by atoms with Crippen molar-refractivity contribution >= 4 is 45.3 Å². The number of anilines is 2. The first-order valence-corrected chi connectivity index (χ1v) is 9.37. The monoisotopic (exact) mass is 400 g/mol. The highest BCUT2D eigenvalue weighted by atomic mass is 32.1. The number of esters is 1. The Balaban J connectivity index is 1.86. The Kier molecular flexibility index (Phi) is 5.83. The minimum atomic E-state index is -0.490. The van der Waals surface area contributed by atoms with Crippen molar-refractivity contribution in [2.75, 3.05) is 17.7 Å². The Labute approximate surface area is 166 Å². The summed E-state index contributed by atoms with van der Waals surface area (Å²) in [5, 5.41) is 8.87. The zero-order valence-corrected chi connectivity index (χ0v) is 16.3. The van der Waals surface area contributed by atoms with Crippen molar-refractivity contribution in [2.24, 2.45) is 0 Å². The number of carbonyl (C=O) groups excluding carboxylic acids is 1. The summed E-state index contributed by atoms with van der Waals surface area (Å²) < 4.78 is 18.1. The average molecular weight is 401 g/mol. The summed E-state index contributed by atoms with van der Waals surface area (Å²) in [5.41, 5.74) is 3.73. The Morgan fingerprint density at radius 1 is 1.07 bits per heavy atom. The molecule has 1 aromatic heterocycles. The molecule has 138 valence electrons. The van der Waals surface area contributed by atoms with Gasteiger partial charge in [-0.1, -0.05) is 29.8 Å². The lowest BCUT2D eigenvalue weighted by Gasteiger charge is -2.11. The van der Waals surface area contributed by atoms with Crippen LogP contribution in [0.3, 0.4) is 0 Å². The second-order valence-corrected chi connectivity index (χ2v) is 7.09. The highest BCUT2D eigenvalue weighted by Crippen LogP contribution is 2.36. The van der Waals surface area contributed by atoms with E-state index in [1.807, 2.05) is 36.6 Å². The Morgan fingerprint density at radius 3 is 2.37 bits per heavy atom. The quantitative estimate of drug-likeness (QED) is 0.450. The van der Waals surface area contributed by atoms with Gasteiger partial charge in [-0.2, -0.15) is 0 Å². The molecule has 0 bridgehead atoms. The fourth-order valence-corrected chi connectivity index (χ4v) is 3.75. The number of benzene rings is 2. The molecule has 0 spiro atoms. The number of halogens is 1. The SMILES string of the molecule is COC(=O)c1c(-c2ccc(F)cc2)csc1NC(=S)Nc1ccc(C)cc1. The van der Waals surface area contributed by atoms with Gasteiger partial charge in [0.15, 0.2) is 5.11 Å². The van der Waals surface area contributed by atoms with Crippen LogP contribution in [0.1, 0.15) is 15.9 Å². The number of carbonyl (C=O) groups is 1. The Bertz CT molecular complexity index is 967. The van der Waals surface area contributed by atoms with Gasteiger partial charge in [0.05, 0.1) is 7.11 Å². The van der Waals surface area contributed by atoms with E-state index >= 15 is 0 Å². The van der Waals surface area contributed by atoms with Gasteiger partial charge >= 0.3 is 5.97 Å². The van der Waals surface area contributed by atoms with Gasteiger partial charge in [-0.3, -0.25) is 0 Å². The normalized spacial score (nSPS) is 10.3. The van der Waals surface area contributed by atoms with Gasteiger partial charge in [-0.15, -0.1) is 11.3 Å². The predicted molar refractivity (Wildman–Crippen MR) is 112 cm³/mol. The average Bonchev–Trinajstić information content (AvgIpc) is 3.07. The van der Waals surface area contributed by atoms with Crippen LogP contribution in [0.5, 0.6) is 0 Å². The van der Waals surface area contributed by atoms with E-state index in [0.29, 0.717) is 21.2 Å². The lowest BCUT2D eigenvalue weighted by Crippen LogP contribution is -2.20. The van der Waals surface area contributed by atoms with E-state index in [4.69, 9.17) is 17.0 Å². The van der Waals surface area contributed by atoms with Crippen LogP contribution in [0.2, 0.25) is 0 Å². The molecule has 2 N–H and O–H groups in total. The maximum Gasteiger partial charge on any atom is 0.341 e. The number of hydrogen-bond donors (Lipinski definition) is 2. The second-order valence-electron chi connectivity index (χ2n) is 5.80. The molecule has 0 radical (unpaired) electrons. The summed E-state index contributed by atoms with van der Waals surface area (Å²) in [6.45, 7) is 2.01. The molecular weight excluding hydrogens is 383 g/mol. The van der Waals surface area contributed by atoms with Gasteiger partial charge in [0, 0.05) is 16.6 Å². The van der Waals surface area contributed by atoms with Crippen LogP contribution in [0.25, 0.3) is 11.1 Å². The van der Waals surface area contributed by atoms with E-state index < -0.39 is 5.97 Å². The molecule has 0 atom stereocenters. The highest BCUT2D eigenvalue weighted by Gasteiger charge is 2.21. The van der Waals surface area contributed by atoms with Gasteiger partial charge in [0.25, 0.3) is 0 Å². The van der Waals surface area contributed by atoms with Crippen molar-refractivity contribution in [3.8, 4) is 11.1 Å². The number of methoxy groups -OCH3 is 1. The van der Waals surface area contributed by atoms with Crippen molar-refractivity contribution in [3.05, 3.63) is 70.9 Å². The van der Waals surface area contributed by atoms with Gasteiger partial charge < -0.3 is 15.4 Å². The summed E-state index contributed by atoms with van der Waals surface area (Å²) in [6, 6.07) is 13.7. The predicted octanol–water partition coefficient (Wildman–Crippen LogP) is 5.46. The smallest absolute Gasteiger partial charge is 0.341 e. The van der Waals surface area contributed by atoms with Crippen LogP contribution in [-0.2, 0) is 4.74 Å². The molecule has 0 aliphatic carbocycles. The van der Waals surface area contributed by atoms with E-state index in [9.17, 15) is 9.18 Å². The summed E-state index contributed by atoms with van der Waals surface area (Å²) in [5.74, 6) is -0.827. The van der Waals surface area contributed by atoms with Crippen LogP contribution in [0.15, 0.2) is 53.9 Å². The Morgan fingerprint density at radius 2 is 1.74 bits per heavy atom. The number of thiocarbonyl (C=S) groups is 1. The molecule has 3 rings (SSSR count). The van der Waals surface area contributed by atoms with Crippen molar-refractivity contribution in [2.45, 2.75) is 6.92 Å². The Hall–Kier alpha value is -2.77. The molecule has 0 aliphatic heterocycles. The van der Waals surface area contributed by atoms with E-state index in [-0.39, 0.29) is 5.82 Å². The number of nitrogens with one attached hydrogen (secondary N) is 2. The first-order chi connectivity index (χ1) is 13.0. The van der Waals surface area contributed by atoms with Crippen molar-refractivity contribution in [3.63, 3.8) is 0 Å². The maximum atomic E-state index is 13.2. The first-order valence-electron chi connectivity index (χ1n) is 8.08. The minimum Gasteiger partial charge on any atom is -0.465 e. The molecule has 0 unspecified atom stereocenters. The molecule has 7 heteroatoms. The lowest BCUT2D eigenvalue weighted by molar-refractivity contribution is 0.0603. The fourth-order valence-electron chi connectivity index (χ4n) is 2.50. The van der Waals surface area contributed by atoms with Crippen molar-refractivity contribution in [1.29, 1.82) is 0 Å². The van der Waals surface area contributed by atoms with Crippen LogP contribution in [-0.4, -0.2) is 18.2 Å². The van der Waals surface area contributed by atoms with Crippen LogP contribution >= 0.6 is 23.6 Å². The van der Waals surface area contributed by atoms with Gasteiger partial charge in [-0.05, 0) is 49.0 Å². The zero-order valence-electron chi connectivity index (χ0n) is 14.7. The molecule has 0 amide bonds.